The van der Waals surface area contributed by atoms with Crippen molar-refractivity contribution in [2.75, 3.05) is 0 Å². The minimum atomic E-state index is -0.307. The summed E-state index contributed by atoms with van der Waals surface area (Å²) in [7, 11) is 0. The van der Waals surface area contributed by atoms with Crippen LogP contribution in [0.2, 0.25) is 0 Å². The van der Waals surface area contributed by atoms with Crippen LogP contribution in [0.3, 0.4) is 0 Å². The zero-order chi connectivity index (χ0) is 11.1. The van der Waals surface area contributed by atoms with Crippen molar-refractivity contribution in [2.45, 2.75) is 57.7 Å². The van der Waals surface area contributed by atoms with E-state index in [9.17, 15) is 9.90 Å². The Morgan fingerprint density at radius 3 is 2.73 bits per heavy atom. The lowest BCUT2D eigenvalue weighted by molar-refractivity contribution is -0.154. The molecule has 15 heavy (non-hydrogen) atoms. The van der Waals surface area contributed by atoms with Gasteiger partial charge in [0.05, 0.1) is 6.10 Å². The molecule has 0 amide bonds. The summed E-state index contributed by atoms with van der Waals surface area (Å²) in [5, 5.41) is 9.85. The van der Waals surface area contributed by atoms with Gasteiger partial charge in [-0.3, -0.25) is 4.79 Å². The maximum atomic E-state index is 11.2. The highest BCUT2D eigenvalue weighted by Gasteiger charge is 2.45. The van der Waals surface area contributed by atoms with Crippen LogP contribution in [0.4, 0.5) is 0 Å². The van der Waals surface area contributed by atoms with Gasteiger partial charge in [-0.25, -0.2) is 0 Å². The van der Waals surface area contributed by atoms with Crippen molar-refractivity contribution in [1.29, 1.82) is 0 Å². The number of carbonyl (C=O) groups is 1. The first-order valence-corrected chi connectivity index (χ1v) is 5.91. The quantitative estimate of drug-likeness (QED) is 0.675. The largest absolute Gasteiger partial charge is 0.459 e. The van der Waals surface area contributed by atoms with Crippen molar-refractivity contribution in [3.8, 4) is 0 Å². The summed E-state index contributed by atoms with van der Waals surface area (Å²) in [6.45, 7) is 4.11. The monoisotopic (exact) mass is 212 g/mol. The van der Waals surface area contributed by atoms with Gasteiger partial charge in [-0.05, 0) is 38.5 Å². The summed E-state index contributed by atoms with van der Waals surface area (Å²) >= 11 is 0. The number of aliphatic hydroxyl groups is 1. The van der Waals surface area contributed by atoms with E-state index in [1.54, 1.807) is 0 Å². The minimum Gasteiger partial charge on any atom is -0.459 e. The Balaban J connectivity index is 2.02. The Hall–Kier alpha value is -0.570. The molecule has 0 aromatic carbocycles. The van der Waals surface area contributed by atoms with Crippen molar-refractivity contribution < 1.29 is 14.6 Å². The van der Waals surface area contributed by atoms with E-state index in [4.69, 9.17) is 4.74 Å². The summed E-state index contributed by atoms with van der Waals surface area (Å²) in [6, 6.07) is 0. The molecular formula is C12H20O3. The summed E-state index contributed by atoms with van der Waals surface area (Å²) < 4.78 is 5.42. The average molecular weight is 212 g/mol. The molecular weight excluding hydrogens is 192 g/mol. The molecule has 0 aromatic rings. The van der Waals surface area contributed by atoms with Crippen molar-refractivity contribution in [3.05, 3.63) is 0 Å². The van der Waals surface area contributed by atoms with Crippen LogP contribution >= 0.6 is 0 Å². The van der Waals surface area contributed by atoms with Crippen LogP contribution in [0, 0.1) is 11.8 Å². The van der Waals surface area contributed by atoms with E-state index in [1.807, 2.05) is 6.92 Å². The van der Waals surface area contributed by atoms with Gasteiger partial charge in [0, 0.05) is 12.3 Å². The molecule has 0 spiro atoms. The lowest BCUT2D eigenvalue weighted by Gasteiger charge is -2.39. The maximum Gasteiger partial charge on any atom is 0.306 e. The summed E-state index contributed by atoms with van der Waals surface area (Å²) in [6.07, 6.45) is 4.03. The molecule has 3 heteroatoms. The smallest absolute Gasteiger partial charge is 0.306 e. The molecule has 1 N–H and O–H groups in total. The van der Waals surface area contributed by atoms with Gasteiger partial charge in [0.2, 0.25) is 0 Å². The highest BCUT2D eigenvalue weighted by molar-refractivity contribution is 5.72. The number of ether oxygens (including phenoxy) is 1. The van der Waals surface area contributed by atoms with E-state index in [0.717, 1.165) is 25.7 Å². The van der Waals surface area contributed by atoms with E-state index >= 15 is 0 Å². The van der Waals surface area contributed by atoms with Crippen LogP contribution in [-0.2, 0) is 9.53 Å². The number of cyclic esters (lactones) is 1. The third-order valence-electron chi connectivity index (χ3n) is 4.19. The van der Waals surface area contributed by atoms with Gasteiger partial charge in [-0.1, -0.05) is 6.92 Å². The summed E-state index contributed by atoms with van der Waals surface area (Å²) in [4.78, 5) is 11.2. The Kier molecular flexibility index (Phi) is 2.75. The average Bonchev–Trinajstić information content (AvgIpc) is 2.52. The molecule has 4 unspecified atom stereocenters. The molecule has 1 saturated heterocycles. The molecule has 0 bridgehead atoms. The number of hydrogen-bond donors (Lipinski definition) is 1. The Bertz CT molecular complexity index is 264. The lowest BCUT2D eigenvalue weighted by Crippen LogP contribution is -2.41. The number of aliphatic hydroxyl groups excluding tert-OH is 1. The second-order valence-electron chi connectivity index (χ2n) is 5.34. The highest BCUT2D eigenvalue weighted by atomic mass is 16.6. The van der Waals surface area contributed by atoms with Gasteiger partial charge in [-0.15, -0.1) is 0 Å². The van der Waals surface area contributed by atoms with Gasteiger partial charge in [0.25, 0.3) is 0 Å². The maximum absolute atomic E-state index is 11.2. The third kappa shape index (κ3) is 2.03. The molecule has 3 nitrogen and oxygen atoms in total. The molecule has 1 aliphatic heterocycles. The summed E-state index contributed by atoms with van der Waals surface area (Å²) in [5.74, 6) is 0.655. The first kappa shape index (κ1) is 10.9. The Morgan fingerprint density at radius 1 is 1.47 bits per heavy atom. The molecule has 0 radical (unpaired) electrons. The zero-order valence-corrected chi connectivity index (χ0v) is 9.53. The fraction of sp³-hybridized carbons (Fsp3) is 0.917. The third-order valence-corrected chi connectivity index (χ3v) is 4.19. The number of carbonyl (C=O) groups excluding carboxylic acids is 1. The predicted molar refractivity (Wildman–Crippen MR) is 56.2 cm³/mol. The fourth-order valence-electron chi connectivity index (χ4n) is 2.85. The fourth-order valence-corrected chi connectivity index (χ4v) is 2.85. The molecule has 1 aliphatic carbocycles. The first-order chi connectivity index (χ1) is 7.01. The molecule has 2 fully saturated rings. The van der Waals surface area contributed by atoms with Gasteiger partial charge in [-0.2, -0.15) is 0 Å². The number of rotatable bonds is 1. The standard InChI is InChI=1S/C12H20O3/c1-8-3-4-9(7-10(8)13)12(2)6-5-11(14)15-12/h8-10,13H,3-7H2,1-2H3. The Morgan fingerprint density at radius 2 is 2.20 bits per heavy atom. The van der Waals surface area contributed by atoms with Gasteiger partial charge < -0.3 is 9.84 Å². The molecule has 0 aromatic heterocycles. The predicted octanol–water partition coefficient (Wildman–Crippen LogP) is 1.88. The second kappa shape index (κ2) is 3.78. The van der Waals surface area contributed by atoms with Crippen LogP contribution in [0.25, 0.3) is 0 Å². The van der Waals surface area contributed by atoms with Gasteiger partial charge in [0.15, 0.2) is 0 Å². The second-order valence-corrected chi connectivity index (χ2v) is 5.34. The number of hydrogen-bond acceptors (Lipinski definition) is 3. The van der Waals surface area contributed by atoms with Crippen LogP contribution in [0.15, 0.2) is 0 Å². The molecule has 1 saturated carbocycles. The van der Waals surface area contributed by atoms with E-state index in [-0.39, 0.29) is 17.7 Å². The van der Waals surface area contributed by atoms with Crippen LogP contribution in [-0.4, -0.2) is 22.8 Å². The molecule has 86 valence electrons. The Labute approximate surface area is 90.8 Å². The normalized spacial score (nSPS) is 46.6. The highest BCUT2D eigenvalue weighted by Crippen LogP contribution is 2.42. The minimum absolute atomic E-state index is 0.0781. The van der Waals surface area contributed by atoms with Crippen LogP contribution < -0.4 is 0 Å². The van der Waals surface area contributed by atoms with Crippen LogP contribution in [0.5, 0.6) is 0 Å². The zero-order valence-electron chi connectivity index (χ0n) is 9.53. The van der Waals surface area contributed by atoms with Gasteiger partial charge >= 0.3 is 5.97 Å². The van der Waals surface area contributed by atoms with Crippen molar-refractivity contribution >= 4 is 5.97 Å². The molecule has 1 heterocycles. The van der Waals surface area contributed by atoms with E-state index in [1.165, 1.54) is 0 Å². The lowest BCUT2D eigenvalue weighted by atomic mass is 9.72. The van der Waals surface area contributed by atoms with E-state index in [0.29, 0.717) is 18.3 Å². The SMILES string of the molecule is CC1CCC(C2(C)CCC(=O)O2)CC1O. The van der Waals surface area contributed by atoms with E-state index in [2.05, 4.69) is 6.92 Å². The van der Waals surface area contributed by atoms with Crippen molar-refractivity contribution in [1.82, 2.24) is 0 Å². The molecule has 4 atom stereocenters. The van der Waals surface area contributed by atoms with Gasteiger partial charge in [0.1, 0.15) is 5.60 Å². The number of esters is 1. The topological polar surface area (TPSA) is 46.5 Å². The van der Waals surface area contributed by atoms with Crippen molar-refractivity contribution in [2.24, 2.45) is 11.8 Å². The van der Waals surface area contributed by atoms with E-state index < -0.39 is 0 Å². The first-order valence-electron chi connectivity index (χ1n) is 5.91. The van der Waals surface area contributed by atoms with Crippen LogP contribution in [0.1, 0.15) is 46.0 Å². The molecule has 2 rings (SSSR count). The molecule has 2 aliphatic rings. The summed E-state index contributed by atoms with van der Waals surface area (Å²) in [5.41, 5.74) is -0.307. The van der Waals surface area contributed by atoms with Crippen molar-refractivity contribution in [3.63, 3.8) is 0 Å².